The van der Waals surface area contributed by atoms with E-state index in [-0.39, 0.29) is 23.8 Å². The van der Waals surface area contributed by atoms with E-state index in [2.05, 4.69) is 5.32 Å². The van der Waals surface area contributed by atoms with Gasteiger partial charge in [-0.1, -0.05) is 0 Å². The third-order valence-electron chi connectivity index (χ3n) is 3.75. The Kier molecular flexibility index (Phi) is 5.15. The highest BCUT2D eigenvalue weighted by atomic mass is 16.5. The molecule has 108 valence electrons. The number of ether oxygens (including phenoxy) is 1. The van der Waals surface area contributed by atoms with Crippen molar-refractivity contribution in [1.82, 2.24) is 10.2 Å². The van der Waals surface area contributed by atoms with Crippen LogP contribution < -0.4 is 11.1 Å². The number of carbonyl (C=O) groups excluding carboxylic acids is 2. The van der Waals surface area contributed by atoms with E-state index in [1.807, 2.05) is 0 Å². The van der Waals surface area contributed by atoms with Gasteiger partial charge in [-0.15, -0.1) is 0 Å². The summed E-state index contributed by atoms with van der Waals surface area (Å²) in [5.41, 5.74) is 5.37. The zero-order chi connectivity index (χ0) is 13.7. The Balaban J connectivity index is 1.85. The summed E-state index contributed by atoms with van der Waals surface area (Å²) in [6.07, 6.45) is 3.18. The molecule has 0 saturated carbocycles. The van der Waals surface area contributed by atoms with Gasteiger partial charge in [0.2, 0.25) is 5.91 Å². The third-order valence-corrected chi connectivity index (χ3v) is 3.75. The predicted octanol–water partition coefficient (Wildman–Crippen LogP) is -0.521. The number of amides is 2. The van der Waals surface area contributed by atoms with Crippen molar-refractivity contribution in [3.8, 4) is 0 Å². The van der Waals surface area contributed by atoms with Crippen molar-refractivity contribution >= 4 is 11.8 Å². The number of carbonyl (C=O) groups is 2. The highest BCUT2D eigenvalue weighted by Crippen LogP contribution is 2.21. The van der Waals surface area contributed by atoms with E-state index in [1.54, 1.807) is 4.90 Å². The molecule has 2 fully saturated rings. The molecule has 0 radical (unpaired) electrons. The zero-order valence-electron chi connectivity index (χ0n) is 11.3. The largest absolute Gasteiger partial charge is 0.368 e. The normalized spacial score (nSPS) is 27.3. The average Bonchev–Trinajstić information content (AvgIpc) is 2.98. The lowest BCUT2D eigenvalue weighted by atomic mass is 9.96. The zero-order valence-corrected chi connectivity index (χ0v) is 11.3. The van der Waals surface area contributed by atoms with Gasteiger partial charge in [0.15, 0.2) is 0 Å². The number of hydrogen-bond donors (Lipinski definition) is 2. The Bertz CT molecular complexity index is 329. The highest BCUT2D eigenvalue weighted by molar-refractivity contribution is 5.83. The minimum absolute atomic E-state index is 0.00953. The van der Waals surface area contributed by atoms with Crippen LogP contribution in [-0.4, -0.2) is 55.6 Å². The van der Waals surface area contributed by atoms with Gasteiger partial charge in [-0.05, 0) is 25.7 Å². The van der Waals surface area contributed by atoms with E-state index < -0.39 is 0 Å². The van der Waals surface area contributed by atoms with Crippen LogP contribution in [0.1, 0.15) is 25.7 Å². The summed E-state index contributed by atoms with van der Waals surface area (Å²) >= 11 is 0. The van der Waals surface area contributed by atoms with Gasteiger partial charge in [-0.25, -0.2) is 0 Å². The first-order chi connectivity index (χ1) is 9.22. The van der Waals surface area contributed by atoms with Crippen LogP contribution in [0.15, 0.2) is 0 Å². The summed E-state index contributed by atoms with van der Waals surface area (Å²) < 4.78 is 5.42. The summed E-state index contributed by atoms with van der Waals surface area (Å²) in [5, 5.41) is 2.80. The van der Waals surface area contributed by atoms with E-state index in [0.717, 1.165) is 32.2 Å². The molecule has 19 heavy (non-hydrogen) atoms. The van der Waals surface area contributed by atoms with Crippen LogP contribution in [0.25, 0.3) is 0 Å². The molecule has 2 atom stereocenters. The van der Waals surface area contributed by atoms with E-state index in [0.29, 0.717) is 26.2 Å². The molecule has 3 N–H and O–H groups in total. The second kappa shape index (κ2) is 6.86. The van der Waals surface area contributed by atoms with Gasteiger partial charge >= 0.3 is 0 Å². The Labute approximate surface area is 113 Å². The predicted molar refractivity (Wildman–Crippen MR) is 70.3 cm³/mol. The van der Waals surface area contributed by atoms with Crippen molar-refractivity contribution in [3.05, 3.63) is 0 Å². The fraction of sp³-hybridized carbons (Fsp3) is 0.846. The van der Waals surface area contributed by atoms with E-state index in [4.69, 9.17) is 10.5 Å². The van der Waals surface area contributed by atoms with E-state index in [9.17, 15) is 9.59 Å². The number of piperidine rings is 1. The lowest BCUT2D eigenvalue weighted by Crippen LogP contribution is -2.48. The topological polar surface area (TPSA) is 84.7 Å². The Morgan fingerprint density at radius 3 is 2.84 bits per heavy atom. The summed E-state index contributed by atoms with van der Waals surface area (Å²) in [6, 6.07) is 0. The standard InChI is InChI=1S/C13H23N3O3/c14-5-6-15-12(17)10-3-1-7-16(9-10)13(18)11-4-2-8-19-11/h10-11H,1-9,14H2,(H,15,17)/t10?,11-/m0/s1. The van der Waals surface area contributed by atoms with Crippen molar-refractivity contribution in [2.45, 2.75) is 31.8 Å². The third kappa shape index (κ3) is 3.67. The van der Waals surface area contributed by atoms with Crippen molar-refractivity contribution in [2.75, 3.05) is 32.8 Å². The highest BCUT2D eigenvalue weighted by Gasteiger charge is 2.33. The lowest BCUT2D eigenvalue weighted by molar-refractivity contribution is -0.144. The van der Waals surface area contributed by atoms with Crippen LogP contribution in [0.2, 0.25) is 0 Å². The van der Waals surface area contributed by atoms with Crippen LogP contribution in [0.5, 0.6) is 0 Å². The smallest absolute Gasteiger partial charge is 0.251 e. The molecule has 6 heteroatoms. The maximum atomic E-state index is 12.2. The van der Waals surface area contributed by atoms with Gasteiger partial charge in [-0.3, -0.25) is 9.59 Å². The minimum atomic E-state index is -0.286. The molecule has 0 aromatic carbocycles. The quantitative estimate of drug-likeness (QED) is 0.719. The first kappa shape index (κ1) is 14.3. The van der Waals surface area contributed by atoms with Gasteiger partial charge < -0.3 is 20.7 Å². The second-order valence-corrected chi connectivity index (χ2v) is 5.20. The summed E-state index contributed by atoms with van der Waals surface area (Å²) in [6.45, 7) is 2.85. The van der Waals surface area contributed by atoms with E-state index in [1.165, 1.54) is 0 Å². The van der Waals surface area contributed by atoms with Gasteiger partial charge in [0.1, 0.15) is 6.10 Å². The number of rotatable bonds is 4. The molecular weight excluding hydrogens is 246 g/mol. The Hall–Kier alpha value is -1.14. The van der Waals surface area contributed by atoms with Crippen LogP contribution in [0, 0.1) is 5.92 Å². The number of nitrogens with one attached hydrogen (secondary N) is 1. The molecule has 0 spiro atoms. The van der Waals surface area contributed by atoms with Crippen LogP contribution in [0.3, 0.4) is 0 Å². The molecule has 2 amide bonds. The summed E-state index contributed by atoms with van der Waals surface area (Å²) in [5.74, 6) is -0.0465. The molecule has 0 aliphatic carbocycles. The van der Waals surface area contributed by atoms with E-state index >= 15 is 0 Å². The van der Waals surface area contributed by atoms with Crippen LogP contribution >= 0.6 is 0 Å². The molecule has 2 rings (SSSR count). The molecular formula is C13H23N3O3. The molecule has 1 unspecified atom stereocenters. The maximum Gasteiger partial charge on any atom is 0.251 e. The number of likely N-dealkylation sites (tertiary alicyclic amines) is 1. The van der Waals surface area contributed by atoms with Gasteiger partial charge in [0.25, 0.3) is 5.91 Å². The second-order valence-electron chi connectivity index (χ2n) is 5.20. The molecule has 0 bridgehead atoms. The minimum Gasteiger partial charge on any atom is -0.368 e. The first-order valence-corrected chi connectivity index (χ1v) is 7.10. The molecule has 0 aromatic rings. The summed E-state index contributed by atoms with van der Waals surface area (Å²) in [4.78, 5) is 25.9. The van der Waals surface area contributed by atoms with Crippen LogP contribution in [0.4, 0.5) is 0 Å². The van der Waals surface area contributed by atoms with Gasteiger partial charge in [0.05, 0.1) is 5.92 Å². The molecule has 2 heterocycles. The number of hydrogen-bond acceptors (Lipinski definition) is 4. The Morgan fingerprint density at radius 1 is 1.32 bits per heavy atom. The fourth-order valence-electron chi connectivity index (χ4n) is 2.71. The van der Waals surface area contributed by atoms with Crippen molar-refractivity contribution in [3.63, 3.8) is 0 Å². The average molecular weight is 269 g/mol. The van der Waals surface area contributed by atoms with Crippen molar-refractivity contribution in [1.29, 1.82) is 0 Å². The number of nitrogens with zero attached hydrogens (tertiary/aromatic N) is 1. The Morgan fingerprint density at radius 2 is 2.16 bits per heavy atom. The molecule has 6 nitrogen and oxygen atoms in total. The maximum absolute atomic E-state index is 12.2. The number of nitrogens with two attached hydrogens (primary N) is 1. The summed E-state index contributed by atoms with van der Waals surface area (Å²) in [7, 11) is 0. The SMILES string of the molecule is NCCNC(=O)C1CCCN(C(=O)[C@@H]2CCCO2)C1. The van der Waals surface area contributed by atoms with Crippen molar-refractivity contribution < 1.29 is 14.3 Å². The van der Waals surface area contributed by atoms with Crippen molar-refractivity contribution in [2.24, 2.45) is 11.7 Å². The molecule has 2 aliphatic heterocycles. The lowest BCUT2D eigenvalue weighted by Gasteiger charge is -2.33. The fourth-order valence-corrected chi connectivity index (χ4v) is 2.71. The molecule has 0 aromatic heterocycles. The molecule has 2 saturated heterocycles. The van der Waals surface area contributed by atoms with Crippen LogP contribution in [-0.2, 0) is 14.3 Å². The van der Waals surface area contributed by atoms with Gasteiger partial charge in [0, 0.05) is 32.8 Å². The van der Waals surface area contributed by atoms with Gasteiger partial charge in [-0.2, -0.15) is 0 Å². The monoisotopic (exact) mass is 269 g/mol. The molecule has 2 aliphatic rings. The first-order valence-electron chi connectivity index (χ1n) is 7.10.